The van der Waals surface area contributed by atoms with E-state index in [-0.39, 0.29) is 5.75 Å². The number of hydrogen-bond donors (Lipinski definition) is 2. The molecule has 0 saturated carbocycles. The smallest absolute Gasteiger partial charge is 0.155 e. The highest BCUT2D eigenvalue weighted by Gasteiger charge is 2.13. The van der Waals surface area contributed by atoms with Crippen LogP contribution in [0, 0.1) is 6.92 Å². The van der Waals surface area contributed by atoms with Crippen LogP contribution in [0.25, 0.3) is 5.69 Å². The Hall–Kier alpha value is -3.15. The first-order valence-corrected chi connectivity index (χ1v) is 6.77. The number of benzene rings is 2. The van der Waals surface area contributed by atoms with Crippen LogP contribution in [-0.2, 0) is 0 Å². The van der Waals surface area contributed by atoms with Gasteiger partial charge in [0.25, 0.3) is 0 Å². The summed E-state index contributed by atoms with van der Waals surface area (Å²) in [6.07, 6.45) is 0. The van der Waals surface area contributed by atoms with Gasteiger partial charge in [0.2, 0.25) is 0 Å². The zero-order valence-electron chi connectivity index (χ0n) is 12.0. The molecule has 0 amide bonds. The maximum Gasteiger partial charge on any atom is 0.155 e. The zero-order valence-corrected chi connectivity index (χ0v) is 12.0. The molecule has 0 bridgehead atoms. The molecule has 1 heterocycles. The van der Waals surface area contributed by atoms with Crippen molar-refractivity contribution in [1.29, 1.82) is 0 Å². The maximum absolute atomic E-state index is 9.70. The van der Waals surface area contributed by atoms with E-state index in [1.165, 1.54) is 0 Å². The molecule has 0 aliphatic carbocycles. The van der Waals surface area contributed by atoms with Gasteiger partial charge in [-0.2, -0.15) is 5.10 Å². The van der Waals surface area contributed by atoms with Crippen molar-refractivity contribution in [1.82, 2.24) is 9.78 Å². The molecule has 0 fully saturated rings. The summed E-state index contributed by atoms with van der Waals surface area (Å²) in [5.74, 6) is 0.473. The van der Waals surface area contributed by atoms with Crippen molar-refractivity contribution < 1.29 is 5.11 Å². The molecule has 0 radical (unpaired) electrons. The highest BCUT2D eigenvalue weighted by molar-refractivity contribution is 5.64. The summed E-state index contributed by atoms with van der Waals surface area (Å²) in [5, 5.41) is 22.3. The lowest BCUT2D eigenvalue weighted by Gasteiger charge is -2.02. The summed E-state index contributed by atoms with van der Waals surface area (Å²) in [6, 6.07) is 16.3. The second-order valence-electron chi connectivity index (χ2n) is 4.76. The zero-order chi connectivity index (χ0) is 15.5. The SMILES string of the molecule is Cc1nn(-c2ccccc2)c(N)c1N=Nc1ccccc1O. The van der Waals surface area contributed by atoms with Crippen LogP contribution in [-0.4, -0.2) is 14.9 Å². The van der Waals surface area contributed by atoms with Crippen LogP contribution < -0.4 is 5.73 Å². The van der Waals surface area contributed by atoms with Crippen LogP contribution >= 0.6 is 0 Å². The Labute approximate surface area is 127 Å². The number of phenols is 1. The fourth-order valence-electron chi connectivity index (χ4n) is 2.08. The molecule has 0 aliphatic heterocycles. The predicted octanol–water partition coefficient (Wildman–Crippen LogP) is 3.88. The van der Waals surface area contributed by atoms with E-state index in [9.17, 15) is 5.11 Å². The molecule has 3 N–H and O–H groups in total. The summed E-state index contributed by atoms with van der Waals surface area (Å²) < 4.78 is 1.62. The molecule has 0 atom stereocenters. The lowest BCUT2D eigenvalue weighted by atomic mass is 10.3. The topological polar surface area (TPSA) is 88.8 Å². The summed E-state index contributed by atoms with van der Waals surface area (Å²) in [7, 11) is 0. The number of rotatable bonds is 3. The van der Waals surface area contributed by atoms with E-state index in [1.54, 1.807) is 28.9 Å². The minimum Gasteiger partial charge on any atom is -0.506 e. The third-order valence-corrected chi connectivity index (χ3v) is 3.20. The Morgan fingerprint density at radius 2 is 1.68 bits per heavy atom. The van der Waals surface area contributed by atoms with Gasteiger partial charge < -0.3 is 10.8 Å². The lowest BCUT2D eigenvalue weighted by Crippen LogP contribution is -2.01. The Balaban J connectivity index is 1.99. The molecular weight excluding hydrogens is 278 g/mol. The quantitative estimate of drug-likeness (QED) is 0.718. The van der Waals surface area contributed by atoms with Crippen molar-refractivity contribution >= 4 is 17.2 Å². The van der Waals surface area contributed by atoms with Gasteiger partial charge in [-0.15, -0.1) is 10.2 Å². The van der Waals surface area contributed by atoms with E-state index in [1.807, 2.05) is 37.3 Å². The molecule has 0 spiro atoms. The van der Waals surface area contributed by atoms with Crippen LogP contribution in [0.2, 0.25) is 0 Å². The molecular formula is C16H15N5O. The van der Waals surface area contributed by atoms with Gasteiger partial charge in [-0.05, 0) is 31.2 Å². The fraction of sp³-hybridized carbons (Fsp3) is 0.0625. The number of hydrogen-bond acceptors (Lipinski definition) is 5. The molecule has 6 heteroatoms. The summed E-state index contributed by atoms with van der Waals surface area (Å²) in [4.78, 5) is 0. The standard InChI is InChI=1S/C16H15N5O/c1-11-15(19-18-13-9-5-6-10-14(13)22)16(17)21(20-11)12-7-3-2-4-8-12/h2-10,22H,17H2,1H3. The van der Waals surface area contributed by atoms with Crippen LogP contribution in [0.4, 0.5) is 17.2 Å². The first-order chi connectivity index (χ1) is 10.7. The minimum atomic E-state index is 0.0675. The maximum atomic E-state index is 9.70. The molecule has 3 rings (SSSR count). The van der Waals surface area contributed by atoms with Gasteiger partial charge in [0.05, 0.1) is 11.4 Å². The van der Waals surface area contributed by atoms with E-state index >= 15 is 0 Å². The van der Waals surface area contributed by atoms with E-state index in [2.05, 4.69) is 15.3 Å². The molecule has 2 aromatic carbocycles. The number of phenolic OH excluding ortho intramolecular Hbond substituents is 1. The van der Waals surface area contributed by atoms with Gasteiger partial charge in [0.15, 0.2) is 11.5 Å². The van der Waals surface area contributed by atoms with E-state index in [0.717, 1.165) is 5.69 Å². The van der Waals surface area contributed by atoms with E-state index in [4.69, 9.17) is 5.73 Å². The number of nitrogens with two attached hydrogens (primary N) is 1. The number of aromatic hydroxyl groups is 1. The van der Waals surface area contributed by atoms with E-state index in [0.29, 0.717) is 22.9 Å². The highest BCUT2D eigenvalue weighted by Crippen LogP contribution is 2.32. The second kappa shape index (κ2) is 5.69. The molecule has 6 nitrogen and oxygen atoms in total. The van der Waals surface area contributed by atoms with Gasteiger partial charge in [-0.1, -0.05) is 30.3 Å². The van der Waals surface area contributed by atoms with Crippen molar-refractivity contribution in [3.8, 4) is 11.4 Å². The average Bonchev–Trinajstić information content (AvgIpc) is 2.82. The summed E-state index contributed by atoms with van der Waals surface area (Å²) in [6.45, 7) is 1.81. The molecule has 1 aromatic heterocycles. The number of nitrogen functional groups attached to an aromatic ring is 1. The average molecular weight is 293 g/mol. The Morgan fingerprint density at radius 3 is 2.41 bits per heavy atom. The first kappa shape index (κ1) is 13.8. The Kier molecular flexibility index (Phi) is 3.57. The largest absolute Gasteiger partial charge is 0.506 e. The van der Waals surface area contributed by atoms with Crippen LogP contribution in [0.5, 0.6) is 5.75 Å². The normalized spacial score (nSPS) is 11.1. The van der Waals surface area contributed by atoms with Crippen molar-refractivity contribution in [2.45, 2.75) is 6.92 Å². The molecule has 0 unspecified atom stereocenters. The molecule has 0 saturated heterocycles. The Morgan fingerprint density at radius 1 is 1.00 bits per heavy atom. The van der Waals surface area contributed by atoms with Crippen molar-refractivity contribution in [3.63, 3.8) is 0 Å². The van der Waals surface area contributed by atoms with E-state index < -0.39 is 0 Å². The van der Waals surface area contributed by atoms with Crippen molar-refractivity contribution in [2.24, 2.45) is 10.2 Å². The summed E-state index contributed by atoms with van der Waals surface area (Å²) in [5.41, 5.74) is 8.52. The van der Waals surface area contributed by atoms with Crippen molar-refractivity contribution in [2.75, 3.05) is 5.73 Å². The number of aryl methyl sites for hydroxylation is 1. The monoisotopic (exact) mass is 293 g/mol. The molecule has 3 aromatic rings. The summed E-state index contributed by atoms with van der Waals surface area (Å²) >= 11 is 0. The van der Waals surface area contributed by atoms with Crippen molar-refractivity contribution in [3.05, 3.63) is 60.3 Å². The lowest BCUT2D eigenvalue weighted by molar-refractivity contribution is 0.476. The first-order valence-electron chi connectivity index (χ1n) is 6.77. The number of anilines is 1. The number of azo groups is 1. The number of aromatic nitrogens is 2. The Bertz CT molecular complexity index is 824. The highest BCUT2D eigenvalue weighted by atomic mass is 16.3. The van der Waals surface area contributed by atoms with Gasteiger partial charge in [0, 0.05) is 0 Å². The van der Waals surface area contributed by atoms with Crippen LogP contribution in [0.1, 0.15) is 5.69 Å². The fourth-order valence-corrected chi connectivity index (χ4v) is 2.08. The van der Waals surface area contributed by atoms with Crippen LogP contribution in [0.3, 0.4) is 0 Å². The van der Waals surface area contributed by atoms with Gasteiger partial charge in [-0.25, -0.2) is 4.68 Å². The third kappa shape index (κ3) is 2.54. The predicted molar refractivity (Wildman–Crippen MR) is 85.0 cm³/mol. The number of para-hydroxylation sites is 2. The molecule has 110 valence electrons. The second-order valence-corrected chi connectivity index (χ2v) is 4.76. The molecule has 22 heavy (non-hydrogen) atoms. The van der Waals surface area contributed by atoms with Gasteiger partial charge in [0.1, 0.15) is 11.4 Å². The van der Waals surface area contributed by atoms with Gasteiger partial charge in [-0.3, -0.25) is 0 Å². The molecule has 0 aliphatic rings. The number of nitrogens with zero attached hydrogens (tertiary/aromatic N) is 4. The van der Waals surface area contributed by atoms with Gasteiger partial charge >= 0.3 is 0 Å². The van der Waals surface area contributed by atoms with Crippen LogP contribution in [0.15, 0.2) is 64.8 Å². The minimum absolute atomic E-state index is 0.0675. The third-order valence-electron chi connectivity index (χ3n) is 3.20.